The minimum Gasteiger partial charge on any atom is -0.393 e. The number of nitro groups is 1. The van der Waals surface area contributed by atoms with Crippen LogP contribution >= 0.6 is 11.8 Å². The van der Waals surface area contributed by atoms with E-state index in [1.165, 1.54) is 24.3 Å². The number of thioether (sulfide) groups is 1. The van der Waals surface area contributed by atoms with Crippen LogP contribution < -0.4 is 11.1 Å². The molecule has 3 N–H and O–H groups in total. The highest BCUT2D eigenvalue weighted by Crippen LogP contribution is 2.22. The van der Waals surface area contributed by atoms with Crippen LogP contribution in [-0.2, 0) is 0 Å². The van der Waals surface area contributed by atoms with Crippen molar-refractivity contribution in [3.8, 4) is 0 Å². The molecule has 6 nitrogen and oxygen atoms in total. The van der Waals surface area contributed by atoms with E-state index in [0.717, 1.165) is 16.7 Å². The predicted molar refractivity (Wildman–Crippen MR) is 91.6 cm³/mol. The van der Waals surface area contributed by atoms with Crippen LogP contribution in [0.4, 0.5) is 15.8 Å². The first-order valence-corrected chi connectivity index (χ1v) is 8.16. The fraction of sp³-hybridized carbons (Fsp3) is 0.188. The van der Waals surface area contributed by atoms with Crippen LogP contribution in [0.3, 0.4) is 0 Å². The molecule has 0 aliphatic rings. The number of hydrogen-bond acceptors (Lipinski definition) is 5. The molecule has 0 atom stereocenters. The zero-order chi connectivity index (χ0) is 17.5. The Labute approximate surface area is 142 Å². The first kappa shape index (κ1) is 17.7. The maximum atomic E-state index is 12.8. The largest absolute Gasteiger partial charge is 0.393 e. The average Bonchev–Trinajstić information content (AvgIpc) is 2.56. The summed E-state index contributed by atoms with van der Waals surface area (Å²) in [6, 6.07) is 10.2. The number of nitrogens with two attached hydrogens (primary N) is 1. The molecule has 0 bridgehead atoms. The van der Waals surface area contributed by atoms with Crippen LogP contribution in [0.2, 0.25) is 0 Å². The van der Waals surface area contributed by atoms with Crippen LogP contribution in [0.5, 0.6) is 0 Å². The Balaban J connectivity index is 1.78. The molecule has 0 saturated carbocycles. The molecule has 2 rings (SSSR count). The molecule has 0 saturated heterocycles. The topological polar surface area (TPSA) is 98.3 Å². The summed E-state index contributed by atoms with van der Waals surface area (Å²) >= 11 is 1.56. The maximum Gasteiger partial charge on any atom is 0.292 e. The molecule has 0 aliphatic heterocycles. The van der Waals surface area contributed by atoms with Crippen molar-refractivity contribution in [2.75, 3.05) is 18.0 Å². The summed E-state index contributed by atoms with van der Waals surface area (Å²) in [5.41, 5.74) is 5.43. The highest BCUT2D eigenvalue weighted by Gasteiger charge is 2.15. The summed E-state index contributed by atoms with van der Waals surface area (Å²) in [7, 11) is 0. The molecule has 2 aromatic carbocycles. The SMILES string of the molecule is Nc1ccc(C(=O)NCCCSc2ccc(F)cc2)cc1[N+](=O)[O-]. The van der Waals surface area contributed by atoms with Gasteiger partial charge in [-0.2, -0.15) is 0 Å². The van der Waals surface area contributed by atoms with Crippen LogP contribution in [0, 0.1) is 15.9 Å². The second-order valence-electron chi connectivity index (χ2n) is 4.94. The van der Waals surface area contributed by atoms with Crippen molar-refractivity contribution >= 4 is 29.0 Å². The Morgan fingerprint density at radius 3 is 2.62 bits per heavy atom. The zero-order valence-corrected chi connectivity index (χ0v) is 13.5. The van der Waals surface area contributed by atoms with Crippen molar-refractivity contribution in [1.82, 2.24) is 5.32 Å². The van der Waals surface area contributed by atoms with Gasteiger partial charge in [0.15, 0.2) is 0 Å². The molecule has 0 aliphatic carbocycles. The molecule has 0 unspecified atom stereocenters. The van der Waals surface area contributed by atoms with Gasteiger partial charge in [-0.3, -0.25) is 14.9 Å². The van der Waals surface area contributed by atoms with Gasteiger partial charge in [0.2, 0.25) is 0 Å². The second kappa shape index (κ2) is 8.30. The Hall–Kier alpha value is -2.61. The number of nitro benzene ring substituents is 1. The van der Waals surface area contributed by atoms with Gasteiger partial charge in [0.25, 0.3) is 11.6 Å². The average molecular weight is 349 g/mol. The number of nitrogen functional groups attached to an aromatic ring is 1. The van der Waals surface area contributed by atoms with Crippen LogP contribution in [0.25, 0.3) is 0 Å². The lowest BCUT2D eigenvalue weighted by Gasteiger charge is -2.06. The fourth-order valence-electron chi connectivity index (χ4n) is 1.94. The second-order valence-corrected chi connectivity index (χ2v) is 6.11. The van der Waals surface area contributed by atoms with E-state index in [1.807, 2.05) is 0 Å². The van der Waals surface area contributed by atoms with Gasteiger partial charge >= 0.3 is 0 Å². The highest BCUT2D eigenvalue weighted by atomic mass is 32.2. The third-order valence-corrected chi connectivity index (χ3v) is 4.28. The third-order valence-electron chi connectivity index (χ3n) is 3.18. The number of nitrogens with zero attached hydrogens (tertiary/aromatic N) is 1. The number of carbonyl (C=O) groups is 1. The summed E-state index contributed by atoms with van der Waals surface area (Å²) in [5.74, 6) is 0.0995. The zero-order valence-electron chi connectivity index (χ0n) is 12.7. The lowest BCUT2D eigenvalue weighted by atomic mass is 10.1. The Morgan fingerprint density at radius 1 is 1.25 bits per heavy atom. The number of anilines is 1. The van der Waals surface area contributed by atoms with Crippen molar-refractivity contribution < 1.29 is 14.1 Å². The van der Waals surface area contributed by atoms with Crippen molar-refractivity contribution in [3.05, 3.63) is 64.0 Å². The van der Waals surface area contributed by atoms with Crippen molar-refractivity contribution in [1.29, 1.82) is 0 Å². The van der Waals surface area contributed by atoms with E-state index < -0.39 is 4.92 Å². The lowest BCUT2D eigenvalue weighted by molar-refractivity contribution is -0.383. The van der Waals surface area contributed by atoms with E-state index in [4.69, 9.17) is 5.73 Å². The van der Waals surface area contributed by atoms with Crippen molar-refractivity contribution in [2.24, 2.45) is 0 Å². The van der Waals surface area contributed by atoms with Gasteiger partial charge in [-0.05, 0) is 48.6 Å². The number of rotatable bonds is 7. The number of benzene rings is 2. The maximum absolute atomic E-state index is 12.8. The quantitative estimate of drug-likeness (QED) is 0.263. The summed E-state index contributed by atoms with van der Waals surface area (Å²) in [5, 5.41) is 13.5. The van der Waals surface area contributed by atoms with E-state index >= 15 is 0 Å². The van der Waals surface area contributed by atoms with Gasteiger partial charge in [0.05, 0.1) is 4.92 Å². The summed E-state index contributed by atoms with van der Waals surface area (Å²) in [6.45, 7) is 0.436. The van der Waals surface area contributed by atoms with Gasteiger partial charge in [-0.15, -0.1) is 11.8 Å². The highest BCUT2D eigenvalue weighted by molar-refractivity contribution is 7.99. The molecule has 0 fully saturated rings. The predicted octanol–water partition coefficient (Wildman–Crippen LogP) is 3.23. The standard InChI is InChI=1S/C16H16FN3O3S/c17-12-3-5-13(6-4-12)24-9-1-8-19-16(21)11-2-7-14(18)15(10-11)20(22)23/h2-7,10H,1,8-9,18H2,(H,19,21). The van der Waals surface area contributed by atoms with Gasteiger partial charge in [0.1, 0.15) is 11.5 Å². The van der Waals surface area contributed by atoms with E-state index in [2.05, 4.69) is 5.32 Å². The minimum absolute atomic E-state index is 0.0206. The number of amides is 1. The minimum atomic E-state index is -0.620. The fourth-order valence-corrected chi connectivity index (χ4v) is 2.79. The van der Waals surface area contributed by atoms with E-state index in [1.54, 1.807) is 23.9 Å². The molecular formula is C16H16FN3O3S. The first-order valence-electron chi connectivity index (χ1n) is 7.18. The number of halogens is 1. The molecule has 8 heteroatoms. The van der Waals surface area contributed by atoms with E-state index in [-0.39, 0.29) is 28.7 Å². The third kappa shape index (κ3) is 4.95. The normalized spacial score (nSPS) is 10.4. The molecule has 126 valence electrons. The van der Waals surface area contributed by atoms with Gasteiger partial charge in [0, 0.05) is 23.1 Å². The lowest BCUT2D eigenvalue weighted by Crippen LogP contribution is -2.24. The molecule has 0 aromatic heterocycles. The van der Waals surface area contributed by atoms with E-state index in [9.17, 15) is 19.3 Å². The number of nitrogens with one attached hydrogen (secondary N) is 1. The van der Waals surface area contributed by atoms with Gasteiger partial charge < -0.3 is 11.1 Å². The molecule has 2 aromatic rings. The summed E-state index contributed by atoms with van der Waals surface area (Å²) < 4.78 is 12.8. The van der Waals surface area contributed by atoms with Crippen LogP contribution in [0.1, 0.15) is 16.8 Å². The Kier molecular flexibility index (Phi) is 6.14. The summed E-state index contributed by atoms with van der Waals surface area (Å²) in [4.78, 5) is 23.1. The van der Waals surface area contributed by atoms with Crippen molar-refractivity contribution in [3.63, 3.8) is 0 Å². The molecule has 24 heavy (non-hydrogen) atoms. The smallest absolute Gasteiger partial charge is 0.292 e. The molecule has 0 spiro atoms. The first-order chi connectivity index (χ1) is 11.5. The molecule has 0 radical (unpaired) electrons. The van der Waals surface area contributed by atoms with Gasteiger partial charge in [-0.1, -0.05) is 0 Å². The monoisotopic (exact) mass is 349 g/mol. The molecule has 1 amide bonds. The number of hydrogen-bond donors (Lipinski definition) is 2. The summed E-state index contributed by atoms with van der Waals surface area (Å²) in [6.07, 6.45) is 0.713. The Bertz CT molecular complexity index is 738. The Morgan fingerprint density at radius 2 is 1.96 bits per heavy atom. The molecule has 0 heterocycles. The van der Waals surface area contributed by atoms with Gasteiger partial charge in [-0.25, -0.2) is 4.39 Å². The van der Waals surface area contributed by atoms with Crippen molar-refractivity contribution in [2.45, 2.75) is 11.3 Å². The van der Waals surface area contributed by atoms with E-state index in [0.29, 0.717) is 13.0 Å². The van der Waals surface area contributed by atoms with Crippen LogP contribution in [-0.4, -0.2) is 23.1 Å². The molecular weight excluding hydrogens is 333 g/mol. The number of carbonyl (C=O) groups excluding carboxylic acids is 1. The van der Waals surface area contributed by atoms with Crippen LogP contribution in [0.15, 0.2) is 47.4 Å².